The summed E-state index contributed by atoms with van der Waals surface area (Å²) >= 11 is 5.06. The van der Waals surface area contributed by atoms with Gasteiger partial charge in [0, 0.05) is 38.8 Å². The Balaban J connectivity index is -0.0000000620. The Bertz CT molecular complexity index is 478. The van der Waals surface area contributed by atoms with Crippen LogP contribution in [0.15, 0.2) is 0 Å². The van der Waals surface area contributed by atoms with Crippen LogP contribution >= 0.6 is 48.0 Å². The van der Waals surface area contributed by atoms with E-state index >= 15 is 0 Å². The molecule has 0 atom stereocenters. The number of aliphatic hydroxyl groups is 2. The number of alkyl halides is 1. The number of carbonyl (C=O) groups excluding carboxylic acids is 3. The molecule has 1 saturated heterocycles. The molecule has 0 aromatic rings. The molecule has 0 aromatic heterocycles. The fourth-order valence-electron chi connectivity index (χ4n) is 2.67. The van der Waals surface area contributed by atoms with Gasteiger partial charge in [-0.2, -0.15) is 0 Å². The first-order chi connectivity index (χ1) is 13.2. The molecule has 0 radical (unpaired) electrons. The van der Waals surface area contributed by atoms with Crippen molar-refractivity contribution in [3.8, 4) is 0 Å². The van der Waals surface area contributed by atoms with Crippen molar-refractivity contribution < 1.29 is 86.9 Å². The Morgan fingerprint density at radius 3 is 1.73 bits per heavy atom. The predicted molar refractivity (Wildman–Crippen MR) is 142 cm³/mol. The Morgan fingerprint density at radius 2 is 1.42 bits per heavy atom. The Kier molecular flexibility index (Phi) is 42.8. The van der Waals surface area contributed by atoms with Crippen LogP contribution < -0.4 is 51.4 Å². The topological polar surface area (TPSA) is 113 Å². The summed E-state index contributed by atoms with van der Waals surface area (Å²) in [6.07, 6.45) is 5.35. The third-order valence-corrected chi connectivity index (χ3v) is 4.36. The molecule has 2 N–H and O–H groups in total. The van der Waals surface area contributed by atoms with Crippen LogP contribution in [0.4, 0.5) is 0 Å². The van der Waals surface area contributed by atoms with Crippen molar-refractivity contribution in [2.24, 2.45) is 0 Å². The molecule has 0 spiro atoms. The van der Waals surface area contributed by atoms with Gasteiger partial charge in [-0.3, -0.25) is 19.3 Å². The van der Waals surface area contributed by atoms with E-state index in [1.807, 2.05) is 4.90 Å². The minimum Gasteiger partial charge on any atom is -1.00 e. The molecule has 33 heavy (non-hydrogen) atoms. The number of hydrogen-bond donors (Lipinski definition) is 2. The first kappa shape index (κ1) is 47.6. The maximum absolute atomic E-state index is 11.0. The van der Waals surface area contributed by atoms with E-state index in [4.69, 9.17) is 26.6 Å². The summed E-state index contributed by atoms with van der Waals surface area (Å²) in [5.41, 5.74) is 0. The quantitative estimate of drug-likeness (QED) is 0.148. The van der Waals surface area contributed by atoms with Gasteiger partial charge in [0.05, 0.1) is 19.8 Å². The number of halogens is 3. The van der Waals surface area contributed by atoms with Crippen LogP contribution in [0.2, 0.25) is 0 Å². The number of likely N-dealkylation sites (tertiary alicyclic amines) is 1. The molecule has 198 valence electrons. The fourth-order valence-corrected chi connectivity index (χ4v) is 2.74. The molecule has 12 heteroatoms. The monoisotopic (exact) mass is 659 g/mol. The Morgan fingerprint density at radius 1 is 1.00 bits per heavy atom. The van der Waals surface area contributed by atoms with Crippen LogP contribution in [0.25, 0.3) is 0 Å². The molecule has 0 bridgehead atoms. The van der Waals surface area contributed by atoms with Crippen LogP contribution in [0.3, 0.4) is 0 Å². The van der Waals surface area contributed by atoms with Crippen molar-refractivity contribution in [1.82, 2.24) is 4.90 Å². The standard InChI is InChI=1S/C9H15NO3.C6H12O2.C4H7ClO2.2CH4.ClH.HI.K.H/c1-2-13-9(12)7-10-5-3-8(11)4-6-10;7-6(8)4-2-1-3-5-6;1-2-7-4(6)3-5;;;;;;/h2-7H2,1H3;7-8H,1-5H2;2-3H2,1H3;2*1H4;2*1H;;/q;;;;;;;+1;-1. The van der Waals surface area contributed by atoms with Crippen molar-refractivity contribution >= 4 is 65.7 Å². The van der Waals surface area contributed by atoms with Gasteiger partial charge in [0.15, 0.2) is 5.79 Å². The first-order valence-electron chi connectivity index (χ1n) is 9.80. The van der Waals surface area contributed by atoms with Gasteiger partial charge in [0.1, 0.15) is 11.7 Å². The van der Waals surface area contributed by atoms with Gasteiger partial charge in [0.2, 0.25) is 0 Å². The zero-order chi connectivity index (χ0) is 21.4. The van der Waals surface area contributed by atoms with Crippen molar-refractivity contribution in [2.75, 3.05) is 38.7 Å². The van der Waals surface area contributed by atoms with E-state index in [-0.39, 0.29) is 122 Å². The smallest absolute Gasteiger partial charge is 1.00 e. The molecular weight excluding hydrogens is 615 g/mol. The second-order valence-electron chi connectivity index (χ2n) is 6.60. The number of ether oxygens (including phenoxy) is 2. The number of nitrogens with zero attached hydrogens (tertiary/aromatic N) is 1. The van der Waals surface area contributed by atoms with Crippen molar-refractivity contribution in [3.63, 3.8) is 0 Å². The fraction of sp³-hybridized carbons (Fsp3) is 0.857. The number of rotatable bonds is 5. The van der Waals surface area contributed by atoms with E-state index in [0.717, 1.165) is 19.3 Å². The van der Waals surface area contributed by atoms with Gasteiger partial charge in [-0.25, -0.2) is 0 Å². The number of piperidine rings is 1. The van der Waals surface area contributed by atoms with Crippen LogP contribution in [-0.2, 0) is 23.9 Å². The summed E-state index contributed by atoms with van der Waals surface area (Å²) in [7, 11) is 0. The molecule has 1 saturated carbocycles. The minimum absolute atomic E-state index is 0. The molecule has 2 aliphatic rings. The molecule has 0 aromatic carbocycles. The second kappa shape index (κ2) is 29.7. The molecular formula is C21H45Cl2IKNO7. The van der Waals surface area contributed by atoms with Gasteiger partial charge in [0.25, 0.3) is 0 Å². The van der Waals surface area contributed by atoms with E-state index in [9.17, 15) is 14.4 Å². The Hall–Kier alpha value is 1.44. The molecule has 1 heterocycles. The molecule has 2 rings (SSSR count). The van der Waals surface area contributed by atoms with Crippen molar-refractivity contribution in [1.29, 1.82) is 0 Å². The zero-order valence-electron chi connectivity index (χ0n) is 19.8. The van der Waals surface area contributed by atoms with Crippen LogP contribution in [-0.4, -0.2) is 77.3 Å². The second-order valence-corrected chi connectivity index (χ2v) is 6.87. The maximum atomic E-state index is 11.0. The summed E-state index contributed by atoms with van der Waals surface area (Å²) < 4.78 is 9.23. The number of Topliss-reactive ketones (excluding diaryl/α,β-unsaturated/α-hetero) is 1. The summed E-state index contributed by atoms with van der Waals surface area (Å²) in [4.78, 5) is 33.9. The Labute approximate surface area is 272 Å². The largest absolute Gasteiger partial charge is 1.00 e. The number of hydrogen-bond acceptors (Lipinski definition) is 8. The SMILES string of the molecule is C.C.CCOC(=O)CCl.CCOC(=O)CN1CCC(=O)CC1.Cl.I.OC1(O)CCCCC1.[H-].[K+]. The molecule has 0 amide bonds. The van der Waals surface area contributed by atoms with Crippen LogP contribution in [0.5, 0.6) is 0 Å². The third kappa shape index (κ3) is 29.6. The number of esters is 2. The minimum atomic E-state index is -1.32. The van der Waals surface area contributed by atoms with Gasteiger partial charge in [-0.05, 0) is 26.7 Å². The summed E-state index contributed by atoms with van der Waals surface area (Å²) in [5, 5.41) is 17.9. The van der Waals surface area contributed by atoms with Gasteiger partial charge in [-0.15, -0.1) is 48.0 Å². The molecule has 1 aliphatic heterocycles. The first-order valence-corrected chi connectivity index (χ1v) is 10.3. The normalized spacial score (nSPS) is 15.8. The van der Waals surface area contributed by atoms with Crippen molar-refractivity contribution in [2.45, 2.75) is 79.4 Å². The average Bonchev–Trinajstić information content (AvgIpc) is 2.65. The van der Waals surface area contributed by atoms with E-state index in [1.54, 1.807) is 13.8 Å². The number of carbonyl (C=O) groups is 3. The summed E-state index contributed by atoms with van der Waals surface area (Å²) in [6, 6.07) is 0. The van der Waals surface area contributed by atoms with E-state index < -0.39 is 5.79 Å². The van der Waals surface area contributed by atoms with E-state index in [1.165, 1.54) is 0 Å². The predicted octanol–water partition coefficient (Wildman–Crippen LogP) is 1.06. The number of ketones is 1. The van der Waals surface area contributed by atoms with Crippen LogP contribution in [0.1, 0.15) is 75.1 Å². The molecule has 1 aliphatic carbocycles. The summed E-state index contributed by atoms with van der Waals surface area (Å²) in [6.45, 7) is 6.07. The summed E-state index contributed by atoms with van der Waals surface area (Å²) in [5.74, 6) is -1.63. The van der Waals surface area contributed by atoms with Crippen LogP contribution in [0, 0.1) is 0 Å². The van der Waals surface area contributed by atoms with Crippen molar-refractivity contribution in [3.05, 3.63) is 0 Å². The molecule has 2 fully saturated rings. The molecule has 8 nitrogen and oxygen atoms in total. The van der Waals surface area contributed by atoms with Gasteiger partial charge < -0.3 is 21.1 Å². The maximum Gasteiger partial charge on any atom is 1.00 e. The van der Waals surface area contributed by atoms with E-state index in [0.29, 0.717) is 64.3 Å². The van der Waals surface area contributed by atoms with E-state index in [2.05, 4.69) is 4.74 Å². The zero-order valence-corrected chi connectivity index (χ0v) is 25.8. The van der Waals surface area contributed by atoms with Gasteiger partial charge in [-0.1, -0.05) is 21.3 Å². The molecule has 0 unspecified atom stereocenters. The third-order valence-electron chi connectivity index (χ3n) is 4.14. The van der Waals surface area contributed by atoms with Gasteiger partial charge >= 0.3 is 63.3 Å². The average molecular weight is 660 g/mol.